The largest absolute Gasteiger partial charge is 0.494 e. The number of hydrogen-bond acceptors (Lipinski definition) is 4. The lowest BCUT2D eigenvalue weighted by atomic mass is 10.1. The molecular weight excluding hydrogens is 420 g/mol. The summed E-state index contributed by atoms with van der Waals surface area (Å²) in [4.78, 5) is 9.17. The van der Waals surface area contributed by atoms with E-state index in [9.17, 15) is 0 Å². The molecule has 1 heterocycles. The Kier molecular flexibility index (Phi) is 11.4. The second-order valence-electron chi connectivity index (χ2n) is 8.95. The second-order valence-corrected chi connectivity index (χ2v) is 8.95. The first-order valence-electron chi connectivity index (χ1n) is 13.0. The highest BCUT2D eigenvalue weighted by Crippen LogP contribution is 2.21. The van der Waals surface area contributed by atoms with E-state index in [1.807, 2.05) is 48.8 Å². The second kappa shape index (κ2) is 15.1. The molecule has 0 radical (unpaired) electrons. The molecular formula is C30H40N2O2. The summed E-state index contributed by atoms with van der Waals surface area (Å²) in [6, 6.07) is 16.1. The molecule has 0 amide bonds. The van der Waals surface area contributed by atoms with Crippen molar-refractivity contribution < 1.29 is 9.47 Å². The van der Waals surface area contributed by atoms with Gasteiger partial charge in [0, 0.05) is 18.0 Å². The van der Waals surface area contributed by atoms with E-state index in [1.165, 1.54) is 50.5 Å². The Balaban J connectivity index is 1.40. The van der Waals surface area contributed by atoms with E-state index in [0.717, 1.165) is 54.3 Å². The average molecular weight is 461 g/mol. The Hall–Kier alpha value is -2.88. The number of nitrogens with zero attached hydrogens (tertiary/aromatic N) is 2. The van der Waals surface area contributed by atoms with E-state index >= 15 is 0 Å². The smallest absolute Gasteiger partial charge is 0.159 e. The van der Waals surface area contributed by atoms with E-state index in [2.05, 4.69) is 35.9 Å². The number of aryl methyl sites for hydroxylation is 1. The molecule has 182 valence electrons. The van der Waals surface area contributed by atoms with Gasteiger partial charge in [-0.1, -0.05) is 70.9 Å². The number of benzene rings is 2. The molecule has 0 fully saturated rings. The summed E-state index contributed by atoms with van der Waals surface area (Å²) in [7, 11) is 0. The van der Waals surface area contributed by atoms with E-state index in [4.69, 9.17) is 9.47 Å². The lowest BCUT2D eigenvalue weighted by Gasteiger charge is -2.09. The fourth-order valence-corrected chi connectivity index (χ4v) is 3.80. The minimum absolute atomic E-state index is 0.526. The van der Waals surface area contributed by atoms with Crippen molar-refractivity contribution in [3.05, 3.63) is 72.1 Å². The maximum atomic E-state index is 5.94. The highest BCUT2D eigenvalue weighted by molar-refractivity contribution is 5.55. The van der Waals surface area contributed by atoms with Crippen LogP contribution >= 0.6 is 0 Å². The zero-order valence-corrected chi connectivity index (χ0v) is 21.0. The van der Waals surface area contributed by atoms with E-state index in [-0.39, 0.29) is 0 Å². The third kappa shape index (κ3) is 9.17. The summed E-state index contributed by atoms with van der Waals surface area (Å²) in [6.45, 7) is 5.72. The van der Waals surface area contributed by atoms with Crippen molar-refractivity contribution in [1.82, 2.24) is 9.97 Å². The Labute approximate surface area is 205 Å². The number of ether oxygens (including phenoxy) is 2. The monoisotopic (exact) mass is 460 g/mol. The molecule has 0 N–H and O–H groups in total. The van der Waals surface area contributed by atoms with Gasteiger partial charge < -0.3 is 9.47 Å². The number of aromatic nitrogens is 2. The van der Waals surface area contributed by atoms with E-state index in [0.29, 0.717) is 6.61 Å². The molecule has 0 unspecified atom stereocenters. The fraction of sp³-hybridized carbons (Fsp3) is 0.467. The highest BCUT2D eigenvalue weighted by Gasteiger charge is 2.04. The van der Waals surface area contributed by atoms with Gasteiger partial charge in [0.05, 0.1) is 6.61 Å². The van der Waals surface area contributed by atoms with Gasteiger partial charge in [-0.05, 0) is 66.8 Å². The van der Waals surface area contributed by atoms with Gasteiger partial charge in [0.15, 0.2) is 5.82 Å². The Morgan fingerprint density at radius 3 is 1.85 bits per heavy atom. The zero-order chi connectivity index (χ0) is 23.8. The van der Waals surface area contributed by atoms with Crippen LogP contribution in [0.1, 0.15) is 82.8 Å². The molecule has 0 saturated carbocycles. The van der Waals surface area contributed by atoms with Crippen LogP contribution in [0.4, 0.5) is 0 Å². The molecule has 3 rings (SSSR count). The molecule has 0 saturated heterocycles. The Morgan fingerprint density at radius 2 is 1.18 bits per heavy atom. The Morgan fingerprint density at radius 1 is 0.588 bits per heavy atom. The predicted octanol–water partition coefficient (Wildman–Crippen LogP) is 8.19. The van der Waals surface area contributed by atoms with Crippen molar-refractivity contribution in [2.24, 2.45) is 0 Å². The summed E-state index contributed by atoms with van der Waals surface area (Å²) in [5.41, 5.74) is 3.34. The average Bonchev–Trinajstić information content (AvgIpc) is 2.88. The lowest BCUT2D eigenvalue weighted by Crippen LogP contribution is -1.98. The molecule has 0 aliphatic carbocycles. The van der Waals surface area contributed by atoms with Gasteiger partial charge in [-0.3, -0.25) is 0 Å². The van der Waals surface area contributed by atoms with Crippen LogP contribution in [0.25, 0.3) is 11.4 Å². The molecule has 3 aromatic rings. The third-order valence-corrected chi connectivity index (χ3v) is 5.98. The van der Waals surface area contributed by atoms with Crippen LogP contribution in [0.5, 0.6) is 11.5 Å². The van der Waals surface area contributed by atoms with Crippen LogP contribution in [0.2, 0.25) is 0 Å². The lowest BCUT2D eigenvalue weighted by molar-refractivity contribution is 0.302. The van der Waals surface area contributed by atoms with Gasteiger partial charge >= 0.3 is 0 Å². The summed E-state index contributed by atoms with van der Waals surface area (Å²) >= 11 is 0. The summed E-state index contributed by atoms with van der Waals surface area (Å²) in [6.07, 6.45) is 16.5. The minimum atomic E-state index is 0.526. The van der Waals surface area contributed by atoms with Crippen LogP contribution in [0.3, 0.4) is 0 Å². The minimum Gasteiger partial charge on any atom is -0.494 e. The molecule has 2 aromatic carbocycles. The van der Waals surface area contributed by atoms with Crippen molar-refractivity contribution in [3.63, 3.8) is 0 Å². The quantitative estimate of drug-likeness (QED) is 0.202. The zero-order valence-electron chi connectivity index (χ0n) is 21.0. The predicted molar refractivity (Wildman–Crippen MR) is 140 cm³/mol. The molecule has 0 aliphatic heterocycles. The first kappa shape index (κ1) is 25.7. The van der Waals surface area contributed by atoms with Gasteiger partial charge in [-0.25, -0.2) is 9.97 Å². The molecule has 1 aromatic heterocycles. The van der Waals surface area contributed by atoms with Crippen molar-refractivity contribution in [1.29, 1.82) is 0 Å². The molecule has 0 spiro atoms. The van der Waals surface area contributed by atoms with Crippen molar-refractivity contribution in [2.45, 2.75) is 84.7 Å². The Bertz CT molecular complexity index is 922. The molecule has 4 heteroatoms. The van der Waals surface area contributed by atoms with Crippen LogP contribution in [-0.2, 0) is 13.0 Å². The number of hydrogen-bond donors (Lipinski definition) is 0. The van der Waals surface area contributed by atoms with Crippen molar-refractivity contribution in [2.75, 3.05) is 6.61 Å². The first-order chi connectivity index (χ1) is 16.8. The molecule has 0 atom stereocenters. The number of rotatable bonds is 16. The fourth-order valence-electron chi connectivity index (χ4n) is 3.80. The van der Waals surface area contributed by atoms with Gasteiger partial charge in [0.2, 0.25) is 0 Å². The standard InChI is InChI=1S/C30H40N2O2/c1-3-5-7-8-9-10-11-12-26-22-31-30(32-23-26)27-15-19-29(20-16-27)34-24-25-13-17-28(18-14-25)33-21-6-4-2/h13-20,22-23H,3-12,21,24H2,1-2H3. The SMILES string of the molecule is CCCCCCCCCc1cnc(-c2ccc(OCc3ccc(OCCCC)cc3)cc2)nc1. The van der Waals surface area contributed by atoms with Crippen LogP contribution in [0.15, 0.2) is 60.9 Å². The van der Waals surface area contributed by atoms with Crippen LogP contribution in [-0.4, -0.2) is 16.6 Å². The summed E-state index contributed by atoms with van der Waals surface area (Å²) < 4.78 is 11.7. The maximum Gasteiger partial charge on any atom is 0.159 e. The summed E-state index contributed by atoms with van der Waals surface area (Å²) in [5.74, 6) is 2.51. The van der Waals surface area contributed by atoms with Crippen LogP contribution in [0, 0.1) is 0 Å². The molecule has 4 nitrogen and oxygen atoms in total. The van der Waals surface area contributed by atoms with Gasteiger partial charge in [0.25, 0.3) is 0 Å². The van der Waals surface area contributed by atoms with Crippen LogP contribution < -0.4 is 9.47 Å². The number of unbranched alkanes of at least 4 members (excludes halogenated alkanes) is 7. The third-order valence-electron chi connectivity index (χ3n) is 5.98. The normalized spacial score (nSPS) is 10.9. The summed E-state index contributed by atoms with van der Waals surface area (Å²) in [5, 5.41) is 0. The van der Waals surface area contributed by atoms with E-state index in [1.54, 1.807) is 0 Å². The molecule has 0 bridgehead atoms. The van der Waals surface area contributed by atoms with Crippen molar-refractivity contribution >= 4 is 0 Å². The van der Waals surface area contributed by atoms with Crippen molar-refractivity contribution in [3.8, 4) is 22.9 Å². The van der Waals surface area contributed by atoms with Gasteiger partial charge in [0.1, 0.15) is 18.1 Å². The molecule has 0 aliphatic rings. The van der Waals surface area contributed by atoms with Gasteiger partial charge in [-0.15, -0.1) is 0 Å². The highest BCUT2D eigenvalue weighted by atomic mass is 16.5. The topological polar surface area (TPSA) is 44.2 Å². The maximum absolute atomic E-state index is 5.94. The van der Waals surface area contributed by atoms with Gasteiger partial charge in [-0.2, -0.15) is 0 Å². The van der Waals surface area contributed by atoms with E-state index < -0.39 is 0 Å². The first-order valence-corrected chi connectivity index (χ1v) is 13.0. The molecule has 34 heavy (non-hydrogen) atoms.